The molecular formula is C12H13N5S. The molecule has 0 saturated heterocycles. The number of rotatable bonds is 0. The van der Waals surface area contributed by atoms with Gasteiger partial charge in [-0.15, -0.1) is 0 Å². The molecule has 3 rings (SSSR count). The topological polar surface area (TPSA) is 83.4 Å². The van der Waals surface area contributed by atoms with E-state index in [0.717, 1.165) is 42.5 Å². The fourth-order valence-corrected chi connectivity index (χ4v) is 2.90. The summed E-state index contributed by atoms with van der Waals surface area (Å²) >= 11 is 5.28. The SMILES string of the molecule is N#Cc1c2n(c3c(=S)nc[nH]c13)CCC(N)CC2. The van der Waals surface area contributed by atoms with E-state index in [9.17, 15) is 5.26 Å². The first-order chi connectivity index (χ1) is 8.72. The van der Waals surface area contributed by atoms with Crippen LogP contribution in [0.3, 0.4) is 0 Å². The summed E-state index contributed by atoms with van der Waals surface area (Å²) in [7, 11) is 0. The molecule has 0 amide bonds. The number of hydrogen-bond donors (Lipinski definition) is 2. The Morgan fingerprint density at radius 3 is 3.17 bits per heavy atom. The number of hydrogen-bond acceptors (Lipinski definition) is 4. The van der Waals surface area contributed by atoms with Gasteiger partial charge < -0.3 is 15.3 Å². The first-order valence-corrected chi connectivity index (χ1v) is 6.37. The summed E-state index contributed by atoms with van der Waals surface area (Å²) in [4.78, 5) is 7.16. The maximum Gasteiger partial charge on any atom is 0.153 e. The van der Waals surface area contributed by atoms with Crippen LogP contribution in [-0.2, 0) is 13.0 Å². The Morgan fingerprint density at radius 2 is 2.39 bits per heavy atom. The molecule has 3 heterocycles. The van der Waals surface area contributed by atoms with Crippen molar-refractivity contribution >= 4 is 23.3 Å². The van der Waals surface area contributed by atoms with E-state index in [1.165, 1.54) is 0 Å². The number of aromatic nitrogens is 3. The molecule has 1 aliphatic rings. The van der Waals surface area contributed by atoms with Crippen molar-refractivity contribution in [2.45, 2.75) is 31.8 Å². The third kappa shape index (κ3) is 1.55. The fraction of sp³-hybridized carbons (Fsp3) is 0.417. The molecule has 1 aliphatic heterocycles. The second-order valence-corrected chi connectivity index (χ2v) is 4.99. The van der Waals surface area contributed by atoms with Crippen molar-refractivity contribution in [3.8, 4) is 6.07 Å². The number of aryl methyl sites for hydroxylation is 1. The molecule has 3 N–H and O–H groups in total. The number of nitriles is 1. The van der Waals surface area contributed by atoms with E-state index in [2.05, 4.69) is 20.6 Å². The van der Waals surface area contributed by atoms with E-state index in [1.807, 2.05) is 0 Å². The van der Waals surface area contributed by atoms with Crippen LogP contribution in [0.4, 0.5) is 0 Å². The monoisotopic (exact) mass is 259 g/mol. The molecule has 0 aromatic carbocycles. The van der Waals surface area contributed by atoms with Crippen molar-refractivity contribution in [1.82, 2.24) is 14.5 Å². The van der Waals surface area contributed by atoms with Gasteiger partial charge in [-0.3, -0.25) is 0 Å². The van der Waals surface area contributed by atoms with Gasteiger partial charge in [0.15, 0.2) is 4.64 Å². The highest BCUT2D eigenvalue weighted by atomic mass is 32.1. The van der Waals surface area contributed by atoms with Gasteiger partial charge in [0.05, 0.1) is 17.4 Å². The van der Waals surface area contributed by atoms with Crippen molar-refractivity contribution in [3.63, 3.8) is 0 Å². The summed E-state index contributed by atoms with van der Waals surface area (Å²) in [6.45, 7) is 0.803. The van der Waals surface area contributed by atoms with E-state index >= 15 is 0 Å². The Labute approximate surface area is 109 Å². The minimum absolute atomic E-state index is 0.195. The molecule has 0 bridgehead atoms. The fourth-order valence-electron chi connectivity index (χ4n) is 2.64. The number of H-pyrrole nitrogens is 1. The maximum atomic E-state index is 9.36. The molecule has 0 spiro atoms. The number of nitrogens with two attached hydrogens (primary N) is 1. The number of aromatic amines is 1. The summed E-state index contributed by atoms with van der Waals surface area (Å²) in [5, 5.41) is 9.36. The van der Waals surface area contributed by atoms with Gasteiger partial charge in [0, 0.05) is 18.3 Å². The standard InChI is InChI=1S/C12H13N5S/c13-5-8-9-2-1-7(14)3-4-17(9)11-10(8)15-6-16-12(11)18/h6-7H,1-4,14H2,(H,15,16,18). The van der Waals surface area contributed by atoms with Crippen molar-refractivity contribution < 1.29 is 0 Å². The maximum absolute atomic E-state index is 9.36. The van der Waals surface area contributed by atoms with Crippen LogP contribution in [0.15, 0.2) is 6.33 Å². The van der Waals surface area contributed by atoms with Crippen molar-refractivity contribution in [1.29, 1.82) is 5.26 Å². The zero-order chi connectivity index (χ0) is 12.7. The van der Waals surface area contributed by atoms with Crippen molar-refractivity contribution in [2.75, 3.05) is 0 Å². The molecule has 1 atom stereocenters. The van der Waals surface area contributed by atoms with E-state index in [1.54, 1.807) is 6.33 Å². The third-order valence-electron chi connectivity index (χ3n) is 3.55. The molecule has 0 fully saturated rings. The molecule has 0 aliphatic carbocycles. The second kappa shape index (κ2) is 4.19. The van der Waals surface area contributed by atoms with Crippen LogP contribution in [0, 0.1) is 16.0 Å². The molecule has 2 aromatic rings. The summed E-state index contributed by atoms with van der Waals surface area (Å²) in [6, 6.07) is 2.48. The lowest BCUT2D eigenvalue weighted by Crippen LogP contribution is -2.19. The largest absolute Gasteiger partial charge is 0.343 e. The Kier molecular flexibility index (Phi) is 2.65. The van der Waals surface area contributed by atoms with Crippen molar-refractivity contribution in [2.24, 2.45) is 5.73 Å². The molecular weight excluding hydrogens is 246 g/mol. The molecule has 1 unspecified atom stereocenters. The Morgan fingerprint density at radius 1 is 1.56 bits per heavy atom. The Hall–Kier alpha value is -1.71. The smallest absolute Gasteiger partial charge is 0.153 e. The summed E-state index contributed by atoms with van der Waals surface area (Å²) in [5.41, 5.74) is 9.40. The van der Waals surface area contributed by atoms with Crippen LogP contribution in [0.2, 0.25) is 0 Å². The summed E-state index contributed by atoms with van der Waals surface area (Å²) < 4.78 is 2.66. The average molecular weight is 259 g/mol. The first-order valence-electron chi connectivity index (χ1n) is 5.97. The second-order valence-electron chi connectivity index (χ2n) is 4.60. The van der Waals surface area contributed by atoms with E-state index in [0.29, 0.717) is 10.2 Å². The van der Waals surface area contributed by atoms with Crippen LogP contribution in [0.5, 0.6) is 0 Å². The third-order valence-corrected chi connectivity index (χ3v) is 3.85. The van der Waals surface area contributed by atoms with Crippen LogP contribution in [-0.4, -0.2) is 20.6 Å². The summed E-state index contributed by atoms with van der Waals surface area (Å²) in [6.07, 6.45) is 4.19. The predicted octanol–water partition coefficient (Wildman–Crippen LogP) is 1.63. The molecule has 2 aromatic heterocycles. The van der Waals surface area contributed by atoms with Gasteiger partial charge >= 0.3 is 0 Å². The quantitative estimate of drug-likeness (QED) is 0.704. The lowest BCUT2D eigenvalue weighted by molar-refractivity contribution is 0.560. The van der Waals surface area contributed by atoms with Gasteiger partial charge in [0.1, 0.15) is 11.6 Å². The van der Waals surface area contributed by atoms with Crippen LogP contribution < -0.4 is 5.73 Å². The van der Waals surface area contributed by atoms with Crippen LogP contribution in [0.1, 0.15) is 24.1 Å². The number of nitrogens with zero attached hydrogens (tertiary/aromatic N) is 3. The van der Waals surface area contributed by atoms with E-state index in [-0.39, 0.29) is 6.04 Å². The van der Waals surface area contributed by atoms with Gasteiger partial charge in [0.2, 0.25) is 0 Å². The van der Waals surface area contributed by atoms with E-state index in [4.69, 9.17) is 18.0 Å². The molecule has 0 radical (unpaired) electrons. The Bertz CT molecular complexity index is 706. The van der Waals surface area contributed by atoms with Gasteiger partial charge in [0.25, 0.3) is 0 Å². The molecule has 5 nitrogen and oxygen atoms in total. The Balaban J connectivity index is 2.37. The highest BCUT2D eigenvalue weighted by Gasteiger charge is 2.22. The van der Waals surface area contributed by atoms with Crippen LogP contribution in [0.25, 0.3) is 11.0 Å². The highest BCUT2D eigenvalue weighted by molar-refractivity contribution is 7.71. The highest BCUT2D eigenvalue weighted by Crippen LogP contribution is 2.28. The minimum Gasteiger partial charge on any atom is -0.343 e. The molecule has 6 heteroatoms. The first kappa shape index (κ1) is 11.4. The van der Waals surface area contributed by atoms with Gasteiger partial charge in [-0.25, -0.2) is 4.98 Å². The summed E-state index contributed by atoms with van der Waals surface area (Å²) in [5.74, 6) is 0. The lowest BCUT2D eigenvalue weighted by atomic mass is 10.1. The van der Waals surface area contributed by atoms with Gasteiger partial charge in [-0.1, -0.05) is 12.2 Å². The molecule has 18 heavy (non-hydrogen) atoms. The van der Waals surface area contributed by atoms with Gasteiger partial charge in [-0.2, -0.15) is 5.26 Å². The van der Waals surface area contributed by atoms with Crippen molar-refractivity contribution in [3.05, 3.63) is 22.2 Å². The molecule has 92 valence electrons. The van der Waals surface area contributed by atoms with E-state index < -0.39 is 0 Å². The normalized spacial score (nSPS) is 19.2. The minimum atomic E-state index is 0.195. The van der Waals surface area contributed by atoms with Crippen LogP contribution >= 0.6 is 12.2 Å². The zero-order valence-corrected chi connectivity index (χ0v) is 10.6. The number of nitrogens with one attached hydrogen (secondary N) is 1. The lowest BCUT2D eigenvalue weighted by Gasteiger charge is -2.06. The zero-order valence-electron chi connectivity index (χ0n) is 9.81. The van der Waals surface area contributed by atoms with Gasteiger partial charge in [-0.05, 0) is 19.3 Å². The molecule has 0 saturated carbocycles. The average Bonchev–Trinajstić information content (AvgIpc) is 2.56. The predicted molar refractivity (Wildman–Crippen MR) is 70.5 cm³/mol. The number of fused-ring (bicyclic) bond motifs is 3.